The van der Waals surface area contributed by atoms with Crippen LogP contribution in [0.25, 0.3) is 10.9 Å². The van der Waals surface area contributed by atoms with Gasteiger partial charge in [0.25, 0.3) is 10.0 Å². The molecule has 1 saturated heterocycles. The molecule has 3 aliphatic rings. The van der Waals surface area contributed by atoms with Gasteiger partial charge in [0, 0.05) is 41.6 Å². The van der Waals surface area contributed by atoms with Gasteiger partial charge in [-0.25, -0.2) is 13.4 Å². The van der Waals surface area contributed by atoms with Crippen LogP contribution in [0.3, 0.4) is 0 Å². The average molecular weight is 459 g/mol. The van der Waals surface area contributed by atoms with Crippen LogP contribution in [0.4, 0.5) is 0 Å². The van der Waals surface area contributed by atoms with Crippen molar-refractivity contribution in [1.29, 1.82) is 0 Å². The number of benzene rings is 2. The third-order valence-electron chi connectivity index (χ3n) is 6.37. The lowest BCUT2D eigenvalue weighted by Crippen LogP contribution is -2.62. The van der Waals surface area contributed by atoms with Gasteiger partial charge >= 0.3 is 0 Å². The zero-order chi connectivity index (χ0) is 22.6. The monoisotopic (exact) mass is 458 g/mol. The Labute approximate surface area is 192 Å². The van der Waals surface area contributed by atoms with Gasteiger partial charge in [-0.3, -0.25) is 9.29 Å². The summed E-state index contributed by atoms with van der Waals surface area (Å²) in [5, 5.41) is 11.7. The molecule has 3 aromatic rings. The minimum Gasteiger partial charge on any atom is -0.386 e. The predicted molar refractivity (Wildman–Crippen MR) is 126 cm³/mol. The lowest BCUT2D eigenvalue weighted by Gasteiger charge is -2.48. The lowest BCUT2D eigenvalue weighted by atomic mass is 9.87. The fourth-order valence-electron chi connectivity index (χ4n) is 4.78. The molecule has 0 amide bonds. The van der Waals surface area contributed by atoms with Crippen molar-refractivity contribution in [2.24, 2.45) is 4.99 Å². The quantitative estimate of drug-likeness (QED) is 0.635. The predicted octanol–water partition coefficient (Wildman–Crippen LogP) is 2.71. The molecule has 2 aromatic carbocycles. The third-order valence-corrected chi connectivity index (χ3v) is 8.11. The maximum Gasteiger partial charge on any atom is 0.266 e. The molecular weight excluding hydrogens is 436 g/mol. The van der Waals surface area contributed by atoms with Gasteiger partial charge in [-0.2, -0.15) is 0 Å². The molecule has 1 fully saturated rings. The molecule has 1 N–H and O–H groups in total. The van der Waals surface area contributed by atoms with E-state index in [1.165, 1.54) is 4.31 Å². The van der Waals surface area contributed by atoms with Crippen molar-refractivity contribution in [3.63, 3.8) is 0 Å². The molecule has 7 nitrogen and oxygen atoms in total. The van der Waals surface area contributed by atoms with E-state index in [1.807, 2.05) is 47.4 Å². The van der Waals surface area contributed by atoms with Crippen molar-refractivity contribution in [1.82, 2.24) is 14.2 Å². The van der Waals surface area contributed by atoms with E-state index in [1.54, 1.807) is 36.8 Å². The minimum atomic E-state index is -3.78. The van der Waals surface area contributed by atoms with Gasteiger partial charge < -0.3 is 10.0 Å². The second-order valence-corrected chi connectivity index (χ2v) is 10.6. The number of aliphatic imine (C=N–C) groups is 1. The number of likely N-dealkylation sites (tertiary alicyclic amines) is 1. The molecule has 0 unspecified atom stereocenters. The number of aliphatic hydroxyl groups is 1. The highest BCUT2D eigenvalue weighted by Crippen LogP contribution is 2.38. The van der Waals surface area contributed by atoms with Crippen LogP contribution < -0.4 is 0 Å². The normalized spacial score (nSPS) is 19.1. The van der Waals surface area contributed by atoms with Gasteiger partial charge in [-0.05, 0) is 17.7 Å². The van der Waals surface area contributed by atoms with Crippen LogP contribution in [-0.4, -0.2) is 59.2 Å². The molecule has 0 spiro atoms. The Bertz CT molecular complexity index is 1450. The fourth-order valence-corrected chi connectivity index (χ4v) is 6.25. The van der Waals surface area contributed by atoms with Crippen LogP contribution in [0, 0.1) is 0 Å². The molecular formula is C25H22N4O3S. The SMILES string of the molecule is O=S(=O)(c1cccc2cccnc12)N1C=C2C=NC(N3CC(O)(Cc4ccccc4)C3)=C2C1. The Morgan fingerprint density at radius 2 is 1.79 bits per heavy atom. The van der Waals surface area contributed by atoms with E-state index in [0.717, 1.165) is 27.9 Å². The van der Waals surface area contributed by atoms with Crippen molar-refractivity contribution in [3.8, 4) is 0 Å². The Balaban J connectivity index is 1.24. The number of sulfonamides is 1. The van der Waals surface area contributed by atoms with E-state index in [0.29, 0.717) is 25.0 Å². The average Bonchev–Trinajstić information content (AvgIpc) is 3.39. The number of rotatable bonds is 5. The molecule has 166 valence electrons. The number of β-amino-alcohol motifs (C(OH)–C–C–N with tert-alkyl or cyclic N) is 1. The van der Waals surface area contributed by atoms with Gasteiger partial charge in [0.15, 0.2) is 0 Å². The van der Waals surface area contributed by atoms with Crippen LogP contribution in [0.2, 0.25) is 0 Å². The van der Waals surface area contributed by atoms with Crippen LogP contribution in [0.15, 0.2) is 99.9 Å². The summed E-state index contributed by atoms with van der Waals surface area (Å²) in [6.45, 7) is 1.14. The number of aromatic nitrogens is 1. The number of pyridine rings is 1. The molecule has 3 aliphatic heterocycles. The summed E-state index contributed by atoms with van der Waals surface area (Å²) in [5.74, 6) is 0.743. The molecule has 0 saturated carbocycles. The van der Waals surface area contributed by atoms with Crippen molar-refractivity contribution in [2.75, 3.05) is 19.6 Å². The smallest absolute Gasteiger partial charge is 0.266 e. The summed E-state index contributed by atoms with van der Waals surface area (Å²) < 4.78 is 28.3. The molecule has 0 bridgehead atoms. The molecule has 6 rings (SSSR count). The highest BCUT2D eigenvalue weighted by atomic mass is 32.2. The van der Waals surface area contributed by atoms with Gasteiger partial charge in [-0.1, -0.05) is 48.5 Å². The fraction of sp³-hybridized carbons (Fsp3) is 0.200. The Hall–Kier alpha value is -3.49. The van der Waals surface area contributed by atoms with Gasteiger partial charge in [0.1, 0.15) is 16.3 Å². The van der Waals surface area contributed by atoms with Crippen LogP contribution >= 0.6 is 0 Å². The summed E-state index contributed by atoms with van der Waals surface area (Å²) in [7, 11) is -3.78. The Morgan fingerprint density at radius 3 is 2.61 bits per heavy atom. The second-order valence-electron chi connectivity index (χ2n) is 8.77. The number of para-hydroxylation sites is 1. The van der Waals surface area contributed by atoms with Crippen LogP contribution in [0.5, 0.6) is 0 Å². The Kier molecular flexibility index (Phi) is 4.43. The molecule has 0 aliphatic carbocycles. The van der Waals surface area contributed by atoms with Crippen LogP contribution in [0.1, 0.15) is 5.56 Å². The number of hydrogen-bond donors (Lipinski definition) is 1. The topological polar surface area (TPSA) is 86.1 Å². The van der Waals surface area contributed by atoms with E-state index < -0.39 is 15.6 Å². The van der Waals surface area contributed by atoms with Crippen molar-refractivity contribution >= 4 is 27.1 Å². The van der Waals surface area contributed by atoms with Gasteiger partial charge in [-0.15, -0.1) is 0 Å². The number of hydrogen-bond acceptors (Lipinski definition) is 6. The minimum absolute atomic E-state index is 0.192. The highest BCUT2D eigenvalue weighted by Gasteiger charge is 2.44. The summed E-state index contributed by atoms with van der Waals surface area (Å²) >= 11 is 0. The van der Waals surface area contributed by atoms with Gasteiger partial charge in [0.05, 0.1) is 25.2 Å². The zero-order valence-electron chi connectivity index (χ0n) is 17.8. The van der Waals surface area contributed by atoms with Crippen molar-refractivity contribution in [3.05, 3.63) is 95.6 Å². The second kappa shape index (κ2) is 7.26. The molecule has 0 atom stereocenters. The Morgan fingerprint density at radius 1 is 1.00 bits per heavy atom. The molecule has 1 aromatic heterocycles. The van der Waals surface area contributed by atoms with Crippen LogP contribution in [-0.2, 0) is 16.4 Å². The first-order valence-electron chi connectivity index (χ1n) is 10.8. The summed E-state index contributed by atoms with van der Waals surface area (Å²) in [6.07, 6.45) is 5.52. The number of fused-ring (bicyclic) bond motifs is 2. The first-order chi connectivity index (χ1) is 15.9. The first-order valence-corrected chi connectivity index (χ1v) is 12.2. The maximum absolute atomic E-state index is 13.5. The summed E-state index contributed by atoms with van der Waals surface area (Å²) in [4.78, 5) is 11.0. The first kappa shape index (κ1) is 20.1. The van der Waals surface area contributed by atoms with E-state index >= 15 is 0 Å². The van der Waals surface area contributed by atoms with E-state index in [2.05, 4.69) is 9.98 Å². The molecule has 0 radical (unpaired) electrons. The van der Waals surface area contributed by atoms with Crippen molar-refractivity contribution < 1.29 is 13.5 Å². The van der Waals surface area contributed by atoms with E-state index in [4.69, 9.17) is 0 Å². The van der Waals surface area contributed by atoms with E-state index in [-0.39, 0.29) is 11.4 Å². The third kappa shape index (κ3) is 3.34. The maximum atomic E-state index is 13.5. The zero-order valence-corrected chi connectivity index (χ0v) is 18.6. The standard InChI is InChI=1S/C25H22N4O3S/c30-25(12-18-6-2-1-3-7-18)16-28(17-25)24-21-15-29(14-20(21)13-27-24)33(31,32)22-10-4-8-19-9-5-11-26-23(19)22/h1-11,13-14,30H,12,15-17H2. The molecule has 33 heavy (non-hydrogen) atoms. The van der Waals surface area contributed by atoms with E-state index in [9.17, 15) is 13.5 Å². The van der Waals surface area contributed by atoms with Crippen molar-refractivity contribution in [2.45, 2.75) is 16.9 Å². The molecule has 8 heteroatoms. The molecule has 4 heterocycles. The summed E-state index contributed by atoms with van der Waals surface area (Å²) in [6, 6.07) is 18.8. The van der Waals surface area contributed by atoms with Gasteiger partial charge in [0.2, 0.25) is 0 Å². The highest BCUT2D eigenvalue weighted by molar-refractivity contribution is 7.89. The number of nitrogens with zero attached hydrogens (tertiary/aromatic N) is 4. The largest absolute Gasteiger partial charge is 0.386 e. The lowest BCUT2D eigenvalue weighted by molar-refractivity contribution is -0.0814. The summed E-state index contributed by atoms with van der Waals surface area (Å²) in [5.41, 5.74) is 2.41.